The molecule has 1 N–H and O–H groups in total. The predicted octanol–water partition coefficient (Wildman–Crippen LogP) is 5.01. The molecule has 202 valence electrons. The summed E-state index contributed by atoms with van der Waals surface area (Å²) in [6.07, 6.45) is 4.63. The molecule has 0 spiro atoms. The second kappa shape index (κ2) is 11.1. The number of anilines is 1. The molecular formula is C25H34N4O6S2. The molecule has 0 aliphatic heterocycles. The molecule has 0 bridgehead atoms. The van der Waals surface area contributed by atoms with Gasteiger partial charge in [0.05, 0.1) is 35.9 Å². The maximum absolute atomic E-state index is 13.4. The molecule has 37 heavy (non-hydrogen) atoms. The Labute approximate surface area is 221 Å². The van der Waals surface area contributed by atoms with Gasteiger partial charge in [-0.25, -0.2) is 22.6 Å². The van der Waals surface area contributed by atoms with Crippen LogP contribution in [-0.2, 0) is 30.5 Å². The van der Waals surface area contributed by atoms with E-state index in [0.29, 0.717) is 45.6 Å². The molecule has 1 fully saturated rings. The molecule has 3 aromatic rings. The molecule has 0 amide bonds. The largest absolute Gasteiger partial charge is 0.458 e. The first-order valence-electron chi connectivity index (χ1n) is 12.3. The Bertz CT molecular complexity index is 1370. The fourth-order valence-electron chi connectivity index (χ4n) is 5.40. The molecule has 4 rings (SSSR count). The molecule has 2 unspecified atom stereocenters. The van der Waals surface area contributed by atoms with Gasteiger partial charge in [0.15, 0.2) is 11.5 Å². The van der Waals surface area contributed by atoms with E-state index in [-0.39, 0.29) is 17.9 Å². The van der Waals surface area contributed by atoms with E-state index in [1.807, 2.05) is 17.6 Å². The number of fused-ring (bicyclic) bond motifs is 1. The Balaban J connectivity index is 1.74. The molecule has 2 heterocycles. The van der Waals surface area contributed by atoms with Crippen molar-refractivity contribution in [2.45, 2.75) is 58.1 Å². The molecule has 1 aliphatic rings. The van der Waals surface area contributed by atoms with Crippen LogP contribution < -0.4 is 4.72 Å². The topological polar surface area (TPSA) is 113 Å². The normalized spacial score (nSPS) is 22.3. The van der Waals surface area contributed by atoms with Gasteiger partial charge in [0.25, 0.3) is 0 Å². The Morgan fingerprint density at radius 1 is 1.22 bits per heavy atom. The van der Waals surface area contributed by atoms with Gasteiger partial charge in [0, 0.05) is 24.0 Å². The first-order chi connectivity index (χ1) is 17.5. The average molecular weight is 551 g/mol. The third-order valence-electron chi connectivity index (χ3n) is 6.69. The summed E-state index contributed by atoms with van der Waals surface area (Å²) in [7, 11) is -2.03. The number of benzene rings is 1. The summed E-state index contributed by atoms with van der Waals surface area (Å²) < 4.78 is 40.7. The molecule has 12 heteroatoms. The van der Waals surface area contributed by atoms with Crippen LogP contribution in [0.4, 0.5) is 5.69 Å². The number of nitrogens with one attached hydrogen (secondary N) is 1. The van der Waals surface area contributed by atoms with Crippen molar-refractivity contribution >= 4 is 39.4 Å². The molecular weight excluding hydrogens is 516 g/mol. The van der Waals surface area contributed by atoms with Crippen molar-refractivity contribution in [2.75, 3.05) is 18.1 Å². The quantitative estimate of drug-likeness (QED) is 0.171. The van der Waals surface area contributed by atoms with Crippen molar-refractivity contribution in [2.24, 2.45) is 17.8 Å². The number of ether oxygens (including phenoxy) is 1. The fraction of sp³-hybridized carbons (Fsp3) is 0.520. The minimum Gasteiger partial charge on any atom is -0.458 e. The third kappa shape index (κ3) is 5.97. The van der Waals surface area contributed by atoms with Gasteiger partial charge >= 0.3 is 5.97 Å². The van der Waals surface area contributed by atoms with Gasteiger partial charge in [-0.1, -0.05) is 32.9 Å². The first-order valence-corrected chi connectivity index (χ1v) is 14.9. The van der Waals surface area contributed by atoms with E-state index in [2.05, 4.69) is 25.5 Å². The van der Waals surface area contributed by atoms with E-state index in [1.54, 1.807) is 28.9 Å². The number of hydrogen-bond acceptors (Lipinski definition) is 8. The SMILES string of the molecule is CCn1c(-c2cccc(NS(C)(=O)=O)c2)nn2cc(C(=O)OC3C(C)CC(C)CC3C)c(SOOC)c12. The highest BCUT2D eigenvalue weighted by molar-refractivity contribution is 7.94. The van der Waals surface area contributed by atoms with E-state index in [9.17, 15) is 13.2 Å². The van der Waals surface area contributed by atoms with Crippen molar-refractivity contribution < 1.29 is 27.2 Å². The van der Waals surface area contributed by atoms with Crippen LogP contribution in [0.5, 0.6) is 0 Å². The van der Waals surface area contributed by atoms with Crippen molar-refractivity contribution in [1.29, 1.82) is 0 Å². The highest BCUT2D eigenvalue weighted by Gasteiger charge is 2.35. The van der Waals surface area contributed by atoms with Crippen LogP contribution in [0.15, 0.2) is 35.4 Å². The van der Waals surface area contributed by atoms with Crippen LogP contribution in [-0.4, -0.2) is 48.0 Å². The molecule has 10 nitrogen and oxygen atoms in total. The number of carbonyl (C=O) groups is 1. The number of hydrogen-bond donors (Lipinski definition) is 1. The molecule has 0 saturated heterocycles. The van der Waals surface area contributed by atoms with Gasteiger partial charge in [-0.05, 0) is 49.7 Å². The van der Waals surface area contributed by atoms with Crippen LogP contribution in [0.1, 0.15) is 50.9 Å². The Morgan fingerprint density at radius 3 is 2.54 bits per heavy atom. The van der Waals surface area contributed by atoms with Gasteiger partial charge in [0.2, 0.25) is 10.0 Å². The number of aromatic nitrogens is 3. The Hall–Kier alpha value is -2.54. The zero-order chi connectivity index (χ0) is 26.9. The molecule has 0 radical (unpaired) electrons. The zero-order valence-corrected chi connectivity index (χ0v) is 23.6. The summed E-state index contributed by atoms with van der Waals surface area (Å²) in [4.78, 5) is 18.8. The average Bonchev–Trinajstić information content (AvgIpc) is 3.35. The van der Waals surface area contributed by atoms with E-state index in [0.717, 1.165) is 31.1 Å². The highest BCUT2D eigenvalue weighted by Crippen LogP contribution is 2.38. The molecule has 1 saturated carbocycles. The molecule has 1 aromatic carbocycles. The molecule has 2 atom stereocenters. The van der Waals surface area contributed by atoms with E-state index in [4.69, 9.17) is 19.1 Å². The predicted molar refractivity (Wildman–Crippen MR) is 143 cm³/mol. The summed E-state index contributed by atoms with van der Waals surface area (Å²) in [5.41, 5.74) is 2.14. The summed E-state index contributed by atoms with van der Waals surface area (Å²) in [6, 6.07) is 7.00. The van der Waals surface area contributed by atoms with E-state index >= 15 is 0 Å². The van der Waals surface area contributed by atoms with Gasteiger partial charge in [-0.3, -0.25) is 4.72 Å². The summed E-state index contributed by atoms with van der Waals surface area (Å²) in [6.45, 7) is 9.01. The van der Waals surface area contributed by atoms with Crippen molar-refractivity contribution in [3.8, 4) is 11.4 Å². The van der Waals surface area contributed by atoms with Crippen LogP contribution >= 0.6 is 12.0 Å². The second-order valence-corrected chi connectivity index (χ2v) is 12.3. The number of aryl methyl sites for hydroxylation is 1. The zero-order valence-electron chi connectivity index (χ0n) is 21.9. The maximum Gasteiger partial charge on any atom is 0.341 e. The van der Waals surface area contributed by atoms with Crippen LogP contribution in [0.2, 0.25) is 0 Å². The summed E-state index contributed by atoms with van der Waals surface area (Å²) in [5.74, 6) is 1.34. The summed E-state index contributed by atoms with van der Waals surface area (Å²) in [5, 5.41) is 4.73. The minimum absolute atomic E-state index is 0.161. The number of rotatable bonds is 9. The minimum atomic E-state index is -3.43. The lowest BCUT2D eigenvalue weighted by Crippen LogP contribution is -2.37. The Morgan fingerprint density at radius 2 is 1.92 bits per heavy atom. The van der Waals surface area contributed by atoms with Crippen molar-refractivity contribution in [3.05, 3.63) is 36.0 Å². The highest BCUT2D eigenvalue weighted by atomic mass is 32.2. The second-order valence-electron chi connectivity index (χ2n) is 9.88. The molecule has 2 aromatic heterocycles. The first kappa shape index (κ1) is 27.5. The fourth-order valence-corrected chi connectivity index (χ4v) is 6.60. The Kier molecular flexibility index (Phi) is 8.22. The van der Waals surface area contributed by atoms with Gasteiger partial charge < -0.3 is 9.30 Å². The van der Waals surface area contributed by atoms with Crippen LogP contribution in [0.3, 0.4) is 0 Å². The lowest BCUT2D eigenvalue weighted by Gasteiger charge is -2.37. The number of esters is 1. The molecule has 1 aliphatic carbocycles. The smallest absolute Gasteiger partial charge is 0.341 e. The number of sulfonamides is 1. The van der Waals surface area contributed by atoms with Crippen LogP contribution in [0, 0.1) is 17.8 Å². The van der Waals surface area contributed by atoms with E-state index < -0.39 is 16.0 Å². The van der Waals surface area contributed by atoms with Crippen molar-refractivity contribution in [1.82, 2.24) is 14.2 Å². The van der Waals surface area contributed by atoms with Gasteiger partial charge in [-0.15, -0.1) is 5.10 Å². The monoisotopic (exact) mass is 550 g/mol. The van der Waals surface area contributed by atoms with Crippen molar-refractivity contribution in [3.63, 3.8) is 0 Å². The lowest BCUT2D eigenvalue weighted by molar-refractivity contribution is -0.160. The maximum atomic E-state index is 13.4. The summed E-state index contributed by atoms with van der Waals surface area (Å²) >= 11 is 0.928. The number of nitrogens with zero attached hydrogens (tertiary/aromatic N) is 3. The standard InChI is InChI=1S/C25H34N4O6S2/c1-7-28-23(18-9-8-10-19(13-18)27-37(6,31)32)26-29-14-20(22(24(28)29)36-35-33-5)25(30)34-21-16(3)11-15(2)12-17(21)4/h8-10,13-17,21,27H,7,11-12H2,1-6H3. The van der Waals surface area contributed by atoms with E-state index in [1.165, 1.54) is 7.11 Å². The van der Waals surface area contributed by atoms with Gasteiger partial charge in [-0.2, -0.15) is 4.33 Å². The van der Waals surface area contributed by atoms with Gasteiger partial charge in [0.1, 0.15) is 6.10 Å². The lowest BCUT2D eigenvalue weighted by atomic mass is 9.75. The third-order valence-corrected chi connectivity index (χ3v) is 8.07. The van der Waals surface area contributed by atoms with Crippen LogP contribution in [0.25, 0.3) is 17.0 Å². The number of carbonyl (C=O) groups excluding carboxylic acids is 1.